The van der Waals surface area contributed by atoms with Crippen molar-refractivity contribution < 1.29 is 28.7 Å². The van der Waals surface area contributed by atoms with Gasteiger partial charge in [-0.25, -0.2) is 4.79 Å². The number of halogens is 1. The van der Waals surface area contributed by atoms with Gasteiger partial charge in [-0.3, -0.25) is 24.1 Å². The maximum atomic E-state index is 12.8. The zero-order valence-corrected chi connectivity index (χ0v) is 23.1. The molecule has 0 aliphatic carbocycles. The van der Waals surface area contributed by atoms with E-state index in [9.17, 15) is 24.0 Å². The van der Waals surface area contributed by atoms with Crippen molar-refractivity contribution in [3.63, 3.8) is 0 Å². The number of amides is 4. The van der Waals surface area contributed by atoms with E-state index in [1.165, 1.54) is 18.2 Å². The monoisotopic (exact) mass is 577 g/mol. The molecule has 4 amide bonds. The second kappa shape index (κ2) is 12.6. The molecule has 3 aromatic carbocycles. The molecule has 1 saturated heterocycles. The van der Waals surface area contributed by atoms with E-state index in [-0.39, 0.29) is 10.5 Å². The summed E-state index contributed by atoms with van der Waals surface area (Å²) in [5, 5.41) is 5.18. The summed E-state index contributed by atoms with van der Waals surface area (Å²) < 4.78 is 5.08. The number of thioether (sulfide) groups is 1. The first-order valence-corrected chi connectivity index (χ1v) is 13.2. The van der Waals surface area contributed by atoms with Crippen molar-refractivity contribution in [2.75, 3.05) is 23.8 Å². The molecule has 1 fully saturated rings. The van der Waals surface area contributed by atoms with Gasteiger partial charge >= 0.3 is 5.97 Å². The van der Waals surface area contributed by atoms with Gasteiger partial charge in [0.25, 0.3) is 17.1 Å². The maximum Gasteiger partial charge on any atom is 0.338 e. The number of imide groups is 1. The van der Waals surface area contributed by atoms with Crippen LogP contribution in [0.4, 0.5) is 16.2 Å². The zero-order chi connectivity index (χ0) is 28.8. The van der Waals surface area contributed by atoms with Crippen LogP contribution in [0.25, 0.3) is 6.08 Å². The van der Waals surface area contributed by atoms with Gasteiger partial charge in [0.05, 0.1) is 10.5 Å². The van der Waals surface area contributed by atoms with Crippen molar-refractivity contribution >= 4 is 69.7 Å². The van der Waals surface area contributed by atoms with Gasteiger partial charge in [-0.05, 0) is 79.2 Å². The van der Waals surface area contributed by atoms with Crippen molar-refractivity contribution in [1.82, 2.24) is 4.90 Å². The van der Waals surface area contributed by atoms with Crippen LogP contribution in [0.5, 0.6) is 0 Å². The van der Waals surface area contributed by atoms with Gasteiger partial charge in [0, 0.05) is 16.4 Å². The molecule has 0 bridgehead atoms. The van der Waals surface area contributed by atoms with E-state index >= 15 is 0 Å². The quantitative estimate of drug-likeness (QED) is 0.270. The van der Waals surface area contributed by atoms with Crippen LogP contribution in [0, 0.1) is 13.8 Å². The van der Waals surface area contributed by atoms with Crippen LogP contribution in [-0.2, 0) is 19.1 Å². The highest BCUT2D eigenvalue weighted by molar-refractivity contribution is 8.18. The topological polar surface area (TPSA) is 122 Å². The highest BCUT2D eigenvalue weighted by Crippen LogP contribution is 2.32. The first kappa shape index (κ1) is 28.6. The molecule has 40 heavy (non-hydrogen) atoms. The molecule has 1 aliphatic rings. The van der Waals surface area contributed by atoms with E-state index in [1.54, 1.807) is 49.4 Å². The summed E-state index contributed by atoms with van der Waals surface area (Å²) in [6, 6.07) is 18.3. The van der Waals surface area contributed by atoms with E-state index in [0.717, 1.165) is 16.0 Å². The molecule has 4 rings (SSSR count). The third-order valence-corrected chi connectivity index (χ3v) is 6.91. The Kier molecular flexibility index (Phi) is 9.03. The average molecular weight is 578 g/mol. The minimum atomic E-state index is -0.688. The third-order valence-electron chi connectivity index (χ3n) is 5.76. The van der Waals surface area contributed by atoms with Crippen LogP contribution >= 0.6 is 23.4 Å². The Morgan fingerprint density at radius 1 is 0.925 bits per heavy atom. The highest BCUT2D eigenvalue weighted by atomic mass is 35.5. The lowest BCUT2D eigenvalue weighted by molar-refractivity contribution is -0.127. The predicted octanol–water partition coefficient (Wildman–Crippen LogP) is 5.43. The number of nitrogens with one attached hydrogen (secondary N) is 2. The molecule has 0 atom stereocenters. The van der Waals surface area contributed by atoms with Crippen molar-refractivity contribution in [2.45, 2.75) is 13.8 Å². The number of hydrogen-bond donors (Lipinski definition) is 2. The van der Waals surface area contributed by atoms with Crippen LogP contribution in [0.2, 0.25) is 5.02 Å². The van der Waals surface area contributed by atoms with Gasteiger partial charge in [0.2, 0.25) is 5.91 Å². The van der Waals surface area contributed by atoms with Crippen molar-refractivity contribution in [1.29, 1.82) is 0 Å². The molecule has 0 unspecified atom stereocenters. The lowest BCUT2D eigenvalue weighted by Gasteiger charge is -2.13. The van der Waals surface area contributed by atoms with E-state index in [2.05, 4.69) is 10.6 Å². The summed E-state index contributed by atoms with van der Waals surface area (Å²) in [5.41, 5.74) is 3.68. The first-order valence-electron chi connectivity index (χ1n) is 12.0. The Hall–Kier alpha value is -4.41. The Balaban J connectivity index is 1.31. The van der Waals surface area contributed by atoms with E-state index in [4.69, 9.17) is 16.3 Å². The molecule has 0 aromatic heterocycles. The van der Waals surface area contributed by atoms with Crippen LogP contribution in [0.3, 0.4) is 0 Å². The number of nitrogens with zero attached hydrogens (tertiary/aromatic N) is 1. The Bertz CT molecular complexity index is 1520. The third kappa shape index (κ3) is 7.37. The molecule has 3 aromatic rings. The lowest BCUT2D eigenvalue weighted by atomic mass is 10.1. The van der Waals surface area contributed by atoms with Crippen LogP contribution in [-0.4, -0.2) is 47.0 Å². The minimum absolute atomic E-state index is 0.139. The normalized spacial score (nSPS) is 13.9. The first-order chi connectivity index (χ1) is 19.1. The van der Waals surface area contributed by atoms with Gasteiger partial charge in [0.15, 0.2) is 6.61 Å². The number of rotatable bonds is 8. The number of anilines is 2. The Morgan fingerprint density at radius 3 is 2.33 bits per heavy atom. The predicted molar refractivity (Wildman–Crippen MR) is 154 cm³/mol. The summed E-state index contributed by atoms with van der Waals surface area (Å²) in [4.78, 5) is 63.1. The number of carbonyl (C=O) groups excluding carboxylic acids is 5. The summed E-state index contributed by atoms with van der Waals surface area (Å²) in [6.07, 6.45) is 1.49. The summed E-state index contributed by atoms with van der Waals surface area (Å²) in [6.45, 7) is 2.82. The molecule has 2 N–H and O–H groups in total. The van der Waals surface area contributed by atoms with Crippen LogP contribution in [0.1, 0.15) is 27.0 Å². The fraction of sp³-hybridized carbons (Fsp3) is 0.138. The molecular weight excluding hydrogens is 554 g/mol. The highest BCUT2D eigenvalue weighted by Gasteiger charge is 2.36. The molecule has 0 radical (unpaired) electrons. The van der Waals surface area contributed by atoms with E-state index in [0.29, 0.717) is 33.7 Å². The van der Waals surface area contributed by atoms with Crippen molar-refractivity contribution in [3.8, 4) is 0 Å². The molecule has 11 heteroatoms. The van der Waals surface area contributed by atoms with Gasteiger partial charge in [0.1, 0.15) is 6.54 Å². The summed E-state index contributed by atoms with van der Waals surface area (Å²) in [5.74, 6) is -2.30. The van der Waals surface area contributed by atoms with Gasteiger partial charge in [-0.15, -0.1) is 0 Å². The van der Waals surface area contributed by atoms with Gasteiger partial charge in [-0.1, -0.05) is 47.5 Å². The standard InChI is InChI=1S/C29H24ClN3O6S/c1-17-3-11-22(12-4-17)31-26(35)16-39-28(37)20-8-6-19(7-9-20)13-24-27(36)33(29(38)40-24)15-25(34)32-23-14-21(30)10-5-18(23)2/h3-14H,15-16H2,1-2H3,(H,31,35)(H,32,34)/b24-13-. The number of esters is 1. The van der Waals surface area contributed by atoms with E-state index in [1.807, 2.05) is 19.1 Å². The largest absolute Gasteiger partial charge is 0.452 e. The fourth-order valence-corrected chi connectivity index (χ4v) is 4.62. The second-order valence-electron chi connectivity index (χ2n) is 8.89. The smallest absolute Gasteiger partial charge is 0.338 e. The molecule has 204 valence electrons. The average Bonchev–Trinajstić information content (AvgIpc) is 3.18. The molecular formula is C29H24ClN3O6S. The molecule has 1 heterocycles. The number of ether oxygens (including phenoxy) is 1. The number of hydrogen-bond acceptors (Lipinski definition) is 7. The van der Waals surface area contributed by atoms with Crippen molar-refractivity contribution in [2.24, 2.45) is 0 Å². The molecule has 0 saturated carbocycles. The zero-order valence-electron chi connectivity index (χ0n) is 21.5. The minimum Gasteiger partial charge on any atom is -0.452 e. The molecule has 0 spiro atoms. The van der Waals surface area contributed by atoms with Gasteiger partial charge in [-0.2, -0.15) is 0 Å². The molecule has 9 nitrogen and oxygen atoms in total. The second-order valence-corrected chi connectivity index (χ2v) is 10.3. The van der Waals surface area contributed by atoms with Crippen molar-refractivity contribution in [3.05, 3.63) is 98.9 Å². The maximum absolute atomic E-state index is 12.8. The fourth-order valence-electron chi connectivity index (χ4n) is 3.61. The lowest BCUT2D eigenvalue weighted by Crippen LogP contribution is -2.36. The Labute approximate surface area is 239 Å². The summed E-state index contributed by atoms with van der Waals surface area (Å²) >= 11 is 6.69. The SMILES string of the molecule is Cc1ccc(NC(=O)COC(=O)c2ccc(/C=C3\SC(=O)N(CC(=O)Nc4cc(Cl)ccc4C)C3=O)cc2)cc1. The van der Waals surface area contributed by atoms with Crippen LogP contribution < -0.4 is 10.6 Å². The van der Waals surface area contributed by atoms with Gasteiger partial charge < -0.3 is 15.4 Å². The number of carbonyl (C=O) groups is 5. The van der Waals surface area contributed by atoms with E-state index < -0.39 is 42.1 Å². The van der Waals surface area contributed by atoms with Crippen LogP contribution in [0.15, 0.2) is 71.6 Å². The number of benzene rings is 3. The number of aryl methyl sites for hydroxylation is 2. The summed E-state index contributed by atoms with van der Waals surface area (Å²) in [7, 11) is 0. The molecule has 1 aliphatic heterocycles. The Morgan fingerprint density at radius 2 is 1.62 bits per heavy atom.